The van der Waals surface area contributed by atoms with E-state index in [9.17, 15) is 9.59 Å². The average Bonchev–Trinajstić information content (AvgIpc) is 3.38. The molecule has 32 heavy (non-hydrogen) atoms. The maximum absolute atomic E-state index is 12.7. The number of benzene rings is 3. The molecule has 160 valence electrons. The third-order valence-electron chi connectivity index (χ3n) is 4.90. The Bertz CT molecular complexity index is 1150. The van der Waals surface area contributed by atoms with Gasteiger partial charge in [-0.15, -0.1) is 0 Å². The van der Waals surface area contributed by atoms with Gasteiger partial charge in [0.2, 0.25) is 0 Å². The first kappa shape index (κ1) is 20.9. The number of aromatic nitrogens is 1. The van der Waals surface area contributed by atoms with Gasteiger partial charge in [-0.05, 0) is 23.3 Å². The Balaban J connectivity index is 1.51. The number of hydrogen-bond acceptors (Lipinski definition) is 5. The van der Waals surface area contributed by atoms with E-state index in [1.54, 1.807) is 24.4 Å². The lowest BCUT2D eigenvalue weighted by Crippen LogP contribution is -2.38. The van der Waals surface area contributed by atoms with Crippen molar-refractivity contribution >= 4 is 17.5 Å². The maximum atomic E-state index is 12.7. The number of ether oxygens (including phenoxy) is 1. The van der Waals surface area contributed by atoms with Crippen molar-refractivity contribution in [3.05, 3.63) is 103 Å². The van der Waals surface area contributed by atoms with Crippen molar-refractivity contribution in [1.29, 1.82) is 0 Å². The van der Waals surface area contributed by atoms with E-state index < -0.39 is 17.9 Å². The molecule has 0 bridgehead atoms. The first-order valence-corrected chi connectivity index (χ1v) is 9.94. The van der Waals surface area contributed by atoms with E-state index >= 15 is 0 Å². The van der Waals surface area contributed by atoms with E-state index in [0.29, 0.717) is 22.8 Å². The van der Waals surface area contributed by atoms with E-state index in [-0.39, 0.29) is 0 Å². The standard InChI is InChI=1S/C25H21N3O4/c1-31-21-14-19(12-13-20(21)22-15-26-16-32-22)27-24(29)25(30)28-23(17-8-4-2-5-9-17)18-10-6-3-7-11-18/h2-16,23H,1H3,(H,27,29)(H,28,30). The SMILES string of the molecule is COc1cc(NC(=O)C(=O)NC(c2ccccc2)c2ccccc2)ccc1-c1cnco1. The average molecular weight is 427 g/mol. The predicted molar refractivity (Wildman–Crippen MR) is 120 cm³/mol. The molecule has 2 N–H and O–H groups in total. The minimum absolute atomic E-state index is 0.418. The molecule has 0 radical (unpaired) electrons. The molecule has 0 aliphatic rings. The van der Waals surface area contributed by atoms with Crippen LogP contribution in [0, 0.1) is 0 Å². The number of carbonyl (C=O) groups excluding carboxylic acids is 2. The molecule has 2 amide bonds. The van der Waals surface area contributed by atoms with E-state index in [1.807, 2.05) is 60.7 Å². The smallest absolute Gasteiger partial charge is 0.313 e. The predicted octanol–water partition coefficient (Wildman–Crippen LogP) is 4.19. The quantitative estimate of drug-likeness (QED) is 0.450. The Morgan fingerprint density at radius 2 is 1.56 bits per heavy atom. The largest absolute Gasteiger partial charge is 0.496 e. The van der Waals surface area contributed by atoms with Gasteiger partial charge in [-0.3, -0.25) is 9.59 Å². The highest BCUT2D eigenvalue weighted by atomic mass is 16.5. The second kappa shape index (κ2) is 9.61. The van der Waals surface area contributed by atoms with E-state index in [2.05, 4.69) is 15.6 Å². The van der Waals surface area contributed by atoms with Crippen molar-refractivity contribution in [2.45, 2.75) is 6.04 Å². The van der Waals surface area contributed by atoms with Crippen LogP contribution in [0.2, 0.25) is 0 Å². The zero-order chi connectivity index (χ0) is 22.3. The molecule has 0 unspecified atom stereocenters. The molecule has 0 spiro atoms. The van der Waals surface area contributed by atoms with Gasteiger partial charge in [-0.1, -0.05) is 60.7 Å². The molecule has 1 heterocycles. The first-order valence-electron chi connectivity index (χ1n) is 9.94. The summed E-state index contributed by atoms with van der Waals surface area (Å²) in [7, 11) is 1.51. The summed E-state index contributed by atoms with van der Waals surface area (Å²) >= 11 is 0. The van der Waals surface area contributed by atoms with Crippen molar-refractivity contribution in [2.75, 3.05) is 12.4 Å². The van der Waals surface area contributed by atoms with Crippen molar-refractivity contribution in [2.24, 2.45) is 0 Å². The number of carbonyl (C=O) groups is 2. The molecule has 3 aromatic carbocycles. The van der Waals surface area contributed by atoms with Gasteiger partial charge in [0.25, 0.3) is 0 Å². The van der Waals surface area contributed by atoms with Gasteiger partial charge in [-0.25, -0.2) is 4.98 Å². The number of hydrogen-bond donors (Lipinski definition) is 2. The van der Waals surface area contributed by atoms with Crippen LogP contribution >= 0.6 is 0 Å². The van der Waals surface area contributed by atoms with Crippen LogP contribution < -0.4 is 15.4 Å². The number of nitrogens with one attached hydrogen (secondary N) is 2. The second-order valence-electron chi connectivity index (χ2n) is 6.96. The van der Waals surface area contributed by atoms with E-state index in [4.69, 9.17) is 9.15 Å². The maximum Gasteiger partial charge on any atom is 0.313 e. The fraction of sp³-hybridized carbons (Fsp3) is 0.0800. The van der Waals surface area contributed by atoms with Crippen molar-refractivity contribution < 1.29 is 18.7 Å². The Kier molecular flexibility index (Phi) is 6.27. The molecule has 0 saturated carbocycles. The summed E-state index contributed by atoms with van der Waals surface area (Å²) in [6, 6.07) is 23.5. The molecule has 0 atom stereocenters. The topological polar surface area (TPSA) is 93.5 Å². The van der Waals surface area contributed by atoms with Crippen LogP contribution in [0.1, 0.15) is 17.2 Å². The Morgan fingerprint density at radius 3 is 2.12 bits per heavy atom. The van der Waals surface area contributed by atoms with Crippen LogP contribution in [-0.2, 0) is 9.59 Å². The molecule has 0 aliphatic carbocycles. The van der Waals surface area contributed by atoms with Gasteiger partial charge in [0.15, 0.2) is 12.2 Å². The van der Waals surface area contributed by atoms with Crippen molar-refractivity contribution in [3.8, 4) is 17.1 Å². The summed E-state index contributed by atoms with van der Waals surface area (Å²) in [6.45, 7) is 0. The first-order chi connectivity index (χ1) is 15.7. The lowest BCUT2D eigenvalue weighted by Gasteiger charge is -2.19. The second-order valence-corrected chi connectivity index (χ2v) is 6.96. The van der Waals surface area contributed by atoms with Crippen LogP contribution in [0.5, 0.6) is 5.75 Å². The lowest BCUT2D eigenvalue weighted by molar-refractivity contribution is -0.136. The lowest BCUT2D eigenvalue weighted by atomic mass is 9.98. The number of nitrogens with zero attached hydrogens (tertiary/aromatic N) is 1. The summed E-state index contributed by atoms with van der Waals surface area (Å²) in [5.74, 6) is -0.519. The molecule has 7 heteroatoms. The molecular weight excluding hydrogens is 406 g/mol. The number of amides is 2. The number of rotatable bonds is 6. The third kappa shape index (κ3) is 4.67. The van der Waals surface area contributed by atoms with E-state index in [1.165, 1.54) is 13.5 Å². The van der Waals surface area contributed by atoms with Gasteiger partial charge in [0, 0.05) is 11.8 Å². The zero-order valence-corrected chi connectivity index (χ0v) is 17.3. The van der Waals surface area contributed by atoms with Crippen LogP contribution in [0.25, 0.3) is 11.3 Å². The van der Waals surface area contributed by atoms with Gasteiger partial charge in [0.1, 0.15) is 5.75 Å². The van der Waals surface area contributed by atoms with Gasteiger partial charge < -0.3 is 19.8 Å². The molecule has 4 aromatic rings. The zero-order valence-electron chi connectivity index (χ0n) is 17.3. The van der Waals surface area contributed by atoms with Crippen LogP contribution in [0.15, 0.2) is 95.9 Å². The molecule has 1 aromatic heterocycles. The Hall–Kier alpha value is -4.39. The van der Waals surface area contributed by atoms with Gasteiger partial charge in [-0.2, -0.15) is 0 Å². The third-order valence-corrected chi connectivity index (χ3v) is 4.90. The van der Waals surface area contributed by atoms with Gasteiger partial charge in [0.05, 0.1) is 24.9 Å². The van der Waals surface area contributed by atoms with Crippen molar-refractivity contribution in [3.63, 3.8) is 0 Å². The summed E-state index contributed by atoms with van der Waals surface area (Å²) < 4.78 is 10.7. The van der Waals surface area contributed by atoms with Crippen molar-refractivity contribution in [1.82, 2.24) is 10.3 Å². The van der Waals surface area contributed by atoms with Crippen LogP contribution in [0.4, 0.5) is 5.69 Å². The summed E-state index contributed by atoms with van der Waals surface area (Å²) in [4.78, 5) is 29.3. The molecule has 0 saturated heterocycles. The monoisotopic (exact) mass is 427 g/mol. The number of methoxy groups -OCH3 is 1. The highest BCUT2D eigenvalue weighted by molar-refractivity contribution is 6.39. The summed E-state index contributed by atoms with van der Waals surface area (Å²) in [6.07, 6.45) is 2.89. The highest BCUT2D eigenvalue weighted by Gasteiger charge is 2.22. The normalized spacial score (nSPS) is 10.6. The minimum atomic E-state index is -0.781. The molecular formula is C25H21N3O4. The number of anilines is 1. The molecule has 7 nitrogen and oxygen atoms in total. The minimum Gasteiger partial charge on any atom is -0.496 e. The Labute approximate surface area is 185 Å². The highest BCUT2D eigenvalue weighted by Crippen LogP contribution is 2.32. The summed E-state index contributed by atoms with van der Waals surface area (Å²) in [5, 5.41) is 5.45. The summed E-state index contributed by atoms with van der Waals surface area (Å²) in [5.41, 5.74) is 2.85. The Morgan fingerprint density at radius 1 is 0.906 bits per heavy atom. The molecule has 0 aliphatic heterocycles. The fourth-order valence-electron chi connectivity index (χ4n) is 3.36. The fourth-order valence-corrected chi connectivity index (χ4v) is 3.36. The molecule has 4 rings (SSSR count). The van der Waals surface area contributed by atoms with Gasteiger partial charge >= 0.3 is 11.8 Å². The van der Waals surface area contributed by atoms with Crippen LogP contribution in [-0.4, -0.2) is 23.9 Å². The van der Waals surface area contributed by atoms with Crippen LogP contribution in [0.3, 0.4) is 0 Å². The number of oxazole rings is 1. The molecule has 0 fully saturated rings. The van der Waals surface area contributed by atoms with E-state index in [0.717, 1.165) is 11.1 Å².